The number of aromatic nitrogens is 1. The average molecular weight is 241 g/mol. The lowest BCUT2D eigenvalue weighted by atomic mass is 10.00. The van der Waals surface area contributed by atoms with Crippen LogP contribution in [-0.4, -0.2) is 4.98 Å². The van der Waals surface area contributed by atoms with E-state index in [9.17, 15) is 8.78 Å². The fraction of sp³-hybridized carbons (Fsp3) is 0. The van der Waals surface area contributed by atoms with Gasteiger partial charge in [-0.1, -0.05) is 30.3 Å². The first-order valence-electron chi connectivity index (χ1n) is 5.55. The Bertz CT molecular complexity index is 717. The zero-order valence-electron chi connectivity index (χ0n) is 9.40. The molecule has 0 atom stereocenters. The van der Waals surface area contributed by atoms with Gasteiger partial charge in [0.25, 0.3) is 0 Å². The Balaban J connectivity index is 2.35. The van der Waals surface area contributed by atoms with E-state index in [0.717, 1.165) is 17.0 Å². The van der Waals surface area contributed by atoms with Gasteiger partial charge < -0.3 is 0 Å². The molecule has 1 heterocycles. The molecule has 18 heavy (non-hydrogen) atoms. The van der Waals surface area contributed by atoms with Crippen molar-refractivity contribution in [3.63, 3.8) is 0 Å². The maximum absolute atomic E-state index is 13.8. The van der Waals surface area contributed by atoms with Crippen molar-refractivity contribution in [3.05, 3.63) is 66.4 Å². The topological polar surface area (TPSA) is 12.9 Å². The lowest BCUT2D eigenvalue weighted by Gasteiger charge is -2.07. The molecule has 0 unspecified atom stereocenters. The largest absolute Gasteiger partial charge is 0.256 e. The van der Waals surface area contributed by atoms with Gasteiger partial charge in [-0.05, 0) is 23.8 Å². The zero-order valence-corrected chi connectivity index (χ0v) is 9.40. The quantitative estimate of drug-likeness (QED) is 0.622. The number of rotatable bonds is 1. The van der Waals surface area contributed by atoms with Gasteiger partial charge in [0.2, 0.25) is 0 Å². The summed E-state index contributed by atoms with van der Waals surface area (Å²) in [5.41, 5.74) is 1.67. The van der Waals surface area contributed by atoms with Crippen molar-refractivity contribution in [2.45, 2.75) is 0 Å². The molecule has 0 radical (unpaired) electrons. The molecule has 0 N–H and O–H groups in total. The summed E-state index contributed by atoms with van der Waals surface area (Å²) in [6.45, 7) is 0. The van der Waals surface area contributed by atoms with E-state index in [1.165, 1.54) is 6.07 Å². The number of pyridine rings is 1. The Kier molecular flexibility index (Phi) is 2.52. The Morgan fingerprint density at radius 1 is 0.778 bits per heavy atom. The van der Waals surface area contributed by atoms with Crippen LogP contribution in [0.1, 0.15) is 0 Å². The van der Waals surface area contributed by atoms with Gasteiger partial charge in [0, 0.05) is 17.1 Å². The van der Waals surface area contributed by atoms with E-state index in [1.807, 2.05) is 12.1 Å². The third-order valence-corrected chi connectivity index (χ3v) is 2.89. The van der Waals surface area contributed by atoms with Crippen LogP contribution < -0.4 is 0 Å². The Morgan fingerprint density at radius 2 is 1.56 bits per heavy atom. The minimum Gasteiger partial charge on any atom is -0.256 e. The third-order valence-electron chi connectivity index (χ3n) is 2.89. The molecule has 1 aromatic heterocycles. The SMILES string of the molecule is Fc1cccc(-c2cccc3ncccc23)c1F. The number of halogens is 2. The summed E-state index contributed by atoms with van der Waals surface area (Å²) in [6.07, 6.45) is 1.67. The van der Waals surface area contributed by atoms with E-state index in [1.54, 1.807) is 30.5 Å². The number of nitrogens with zero attached hydrogens (tertiary/aromatic N) is 1. The van der Waals surface area contributed by atoms with Gasteiger partial charge in [0.05, 0.1) is 5.52 Å². The first kappa shape index (κ1) is 10.8. The monoisotopic (exact) mass is 241 g/mol. The standard InChI is InChI=1S/C15H9F2N/c16-13-7-1-5-12(15(13)17)10-4-2-8-14-11(10)6-3-9-18-14/h1-9H. The number of fused-ring (bicyclic) bond motifs is 1. The number of hydrogen-bond acceptors (Lipinski definition) is 1. The Morgan fingerprint density at radius 3 is 2.44 bits per heavy atom. The molecule has 0 aliphatic rings. The second kappa shape index (κ2) is 4.18. The van der Waals surface area contributed by atoms with Gasteiger partial charge in [0.15, 0.2) is 11.6 Å². The first-order chi connectivity index (χ1) is 8.77. The lowest BCUT2D eigenvalue weighted by Crippen LogP contribution is -1.90. The average Bonchev–Trinajstić information content (AvgIpc) is 2.41. The van der Waals surface area contributed by atoms with E-state index in [2.05, 4.69) is 4.98 Å². The minimum atomic E-state index is -0.839. The maximum atomic E-state index is 13.8. The van der Waals surface area contributed by atoms with Crippen LogP contribution in [0.4, 0.5) is 8.78 Å². The summed E-state index contributed by atoms with van der Waals surface area (Å²) in [4.78, 5) is 4.20. The van der Waals surface area contributed by atoms with Crippen LogP contribution in [0, 0.1) is 11.6 Å². The van der Waals surface area contributed by atoms with Crippen LogP contribution in [0.25, 0.3) is 22.0 Å². The van der Waals surface area contributed by atoms with E-state index >= 15 is 0 Å². The van der Waals surface area contributed by atoms with Crippen LogP contribution in [0.5, 0.6) is 0 Å². The van der Waals surface area contributed by atoms with Gasteiger partial charge in [-0.15, -0.1) is 0 Å². The molecule has 0 aliphatic carbocycles. The summed E-state index contributed by atoms with van der Waals surface area (Å²) in [5.74, 6) is -1.66. The number of benzene rings is 2. The highest BCUT2D eigenvalue weighted by Gasteiger charge is 2.11. The molecule has 88 valence electrons. The lowest BCUT2D eigenvalue weighted by molar-refractivity contribution is 0.511. The van der Waals surface area contributed by atoms with Crippen LogP contribution >= 0.6 is 0 Å². The Labute approximate surface area is 103 Å². The molecule has 0 saturated carbocycles. The van der Waals surface area contributed by atoms with Crippen molar-refractivity contribution in [2.75, 3.05) is 0 Å². The van der Waals surface area contributed by atoms with Crippen LogP contribution in [0.2, 0.25) is 0 Å². The molecular weight excluding hydrogens is 232 g/mol. The molecule has 0 saturated heterocycles. The van der Waals surface area contributed by atoms with Crippen molar-refractivity contribution >= 4 is 10.9 Å². The van der Waals surface area contributed by atoms with E-state index < -0.39 is 11.6 Å². The van der Waals surface area contributed by atoms with Gasteiger partial charge in [-0.25, -0.2) is 8.78 Å². The molecule has 3 aromatic rings. The number of hydrogen-bond donors (Lipinski definition) is 0. The van der Waals surface area contributed by atoms with Gasteiger partial charge >= 0.3 is 0 Å². The van der Waals surface area contributed by atoms with Gasteiger partial charge in [0.1, 0.15) is 0 Å². The predicted octanol–water partition coefficient (Wildman–Crippen LogP) is 4.18. The normalized spacial score (nSPS) is 10.8. The summed E-state index contributed by atoms with van der Waals surface area (Å²) in [7, 11) is 0. The van der Waals surface area contributed by atoms with E-state index in [0.29, 0.717) is 5.56 Å². The summed E-state index contributed by atoms with van der Waals surface area (Å²) < 4.78 is 27.1. The van der Waals surface area contributed by atoms with Gasteiger partial charge in [-0.2, -0.15) is 0 Å². The van der Waals surface area contributed by atoms with Crippen LogP contribution in [0.3, 0.4) is 0 Å². The van der Waals surface area contributed by atoms with Crippen molar-refractivity contribution in [1.82, 2.24) is 4.98 Å². The van der Waals surface area contributed by atoms with Crippen LogP contribution in [0.15, 0.2) is 54.7 Å². The fourth-order valence-electron chi connectivity index (χ4n) is 2.05. The van der Waals surface area contributed by atoms with Crippen LogP contribution in [-0.2, 0) is 0 Å². The molecule has 0 amide bonds. The highest BCUT2D eigenvalue weighted by atomic mass is 19.2. The summed E-state index contributed by atoms with van der Waals surface area (Å²) >= 11 is 0. The predicted molar refractivity (Wildman–Crippen MR) is 67.1 cm³/mol. The smallest absolute Gasteiger partial charge is 0.166 e. The highest BCUT2D eigenvalue weighted by molar-refractivity contribution is 5.94. The first-order valence-corrected chi connectivity index (χ1v) is 5.55. The van der Waals surface area contributed by atoms with Crippen molar-refractivity contribution in [1.29, 1.82) is 0 Å². The molecular formula is C15H9F2N. The van der Waals surface area contributed by atoms with Crippen molar-refractivity contribution in [3.8, 4) is 11.1 Å². The molecule has 0 bridgehead atoms. The zero-order chi connectivity index (χ0) is 12.5. The highest BCUT2D eigenvalue weighted by Crippen LogP contribution is 2.30. The molecule has 0 fully saturated rings. The second-order valence-electron chi connectivity index (χ2n) is 3.98. The second-order valence-corrected chi connectivity index (χ2v) is 3.98. The fourth-order valence-corrected chi connectivity index (χ4v) is 2.05. The third kappa shape index (κ3) is 1.64. The van der Waals surface area contributed by atoms with E-state index in [-0.39, 0.29) is 5.56 Å². The Hall–Kier alpha value is -2.29. The molecule has 0 aliphatic heterocycles. The van der Waals surface area contributed by atoms with E-state index in [4.69, 9.17) is 0 Å². The molecule has 3 rings (SSSR count). The summed E-state index contributed by atoms with van der Waals surface area (Å²) in [6, 6.07) is 13.2. The van der Waals surface area contributed by atoms with Gasteiger partial charge in [-0.3, -0.25) is 4.98 Å². The van der Waals surface area contributed by atoms with Crippen molar-refractivity contribution < 1.29 is 8.78 Å². The summed E-state index contributed by atoms with van der Waals surface area (Å²) in [5, 5.41) is 0.810. The molecule has 1 nitrogen and oxygen atoms in total. The molecule has 3 heteroatoms. The van der Waals surface area contributed by atoms with Crippen molar-refractivity contribution in [2.24, 2.45) is 0 Å². The minimum absolute atomic E-state index is 0.258. The maximum Gasteiger partial charge on any atom is 0.166 e. The molecule has 0 spiro atoms. The molecule has 2 aromatic carbocycles.